The van der Waals surface area contributed by atoms with Gasteiger partial charge >= 0.3 is 7.12 Å². The zero-order chi connectivity index (χ0) is 9.68. The van der Waals surface area contributed by atoms with Gasteiger partial charge in [-0.25, -0.2) is 4.39 Å². The molecule has 0 saturated heterocycles. The Morgan fingerprint density at radius 1 is 1.23 bits per heavy atom. The fraction of sp³-hybridized carbons (Fsp3) is 0.111. The summed E-state index contributed by atoms with van der Waals surface area (Å²) >= 11 is 0. The van der Waals surface area contributed by atoms with Crippen LogP contribution in [0.3, 0.4) is 0 Å². The first kappa shape index (κ1) is 9.96. The number of hydrogen-bond donors (Lipinski definition) is 2. The van der Waals surface area contributed by atoms with Gasteiger partial charge in [-0.05, 0) is 11.1 Å². The van der Waals surface area contributed by atoms with Gasteiger partial charge in [-0.15, -0.1) is 0 Å². The number of rotatable bonds is 3. The van der Waals surface area contributed by atoms with Crippen molar-refractivity contribution in [1.29, 1.82) is 0 Å². The van der Waals surface area contributed by atoms with Gasteiger partial charge in [0.1, 0.15) is 6.67 Å². The van der Waals surface area contributed by atoms with E-state index in [2.05, 4.69) is 0 Å². The molecule has 0 atom stereocenters. The SMILES string of the molecule is OB(O)C=Cc1ccc(CF)cc1. The van der Waals surface area contributed by atoms with Crippen LogP contribution in [0.25, 0.3) is 6.08 Å². The van der Waals surface area contributed by atoms with E-state index >= 15 is 0 Å². The molecule has 0 aromatic heterocycles. The maximum absolute atomic E-state index is 12.1. The van der Waals surface area contributed by atoms with Crippen molar-refractivity contribution in [3.8, 4) is 0 Å². The topological polar surface area (TPSA) is 40.5 Å². The Labute approximate surface area is 76.5 Å². The highest BCUT2D eigenvalue weighted by molar-refractivity contribution is 6.48. The molecule has 0 heterocycles. The molecule has 0 spiro atoms. The van der Waals surface area contributed by atoms with Crippen LogP contribution in [-0.2, 0) is 6.67 Å². The maximum Gasteiger partial charge on any atom is 0.480 e. The van der Waals surface area contributed by atoms with Gasteiger partial charge in [-0.2, -0.15) is 0 Å². The van der Waals surface area contributed by atoms with Gasteiger partial charge in [0.05, 0.1) is 0 Å². The van der Waals surface area contributed by atoms with Gasteiger partial charge in [0.2, 0.25) is 0 Å². The van der Waals surface area contributed by atoms with Crippen LogP contribution in [0.15, 0.2) is 30.2 Å². The van der Waals surface area contributed by atoms with Crippen molar-refractivity contribution >= 4 is 13.2 Å². The zero-order valence-corrected chi connectivity index (χ0v) is 7.02. The Kier molecular flexibility index (Phi) is 3.67. The Morgan fingerprint density at radius 3 is 2.31 bits per heavy atom. The van der Waals surface area contributed by atoms with Gasteiger partial charge in [0.25, 0.3) is 0 Å². The van der Waals surface area contributed by atoms with E-state index in [0.29, 0.717) is 5.56 Å². The lowest BCUT2D eigenvalue weighted by molar-refractivity contribution is 0.424. The van der Waals surface area contributed by atoms with Crippen LogP contribution in [0.2, 0.25) is 0 Å². The fourth-order valence-electron chi connectivity index (χ4n) is 0.915. The van der Waals surface area contributed by atoms with Gasteiger partial charge < -0.3 is 10.0 Å². The average Bonchev–Trinajstić information content (AvgIpc) is 2.15. The van der Waals surface area contributed by atoms with Crippen molar-refractivity contribution in [3.63, 3.8) is 0 Å². The van der Waals surface area contributed by atoms with E-state index in [1.807, 2.05) is 0 Å². The summed E-state index contributed by atoms with van der Waals surface area (Å²) < 4.78 is 12.1. The largest absolute Gasteiger partial charge is 0.480 e. The molecular formula is C9H10BFO2. The average molecular weight is 180 g/mol. The van der Waals surface area contributed by atoms with Crippen molar-refractivity contribution in [2.75, 3.05) is 0 Å². The van der Waals surface area contributed by atoms with Crippen LogP contribution in [0.1, 0.15) is 11.1 Å². The number of halogens is 1. The van der Waals surface area contributed by atoms with Gasteiger partial charge in [-0.3, -0.25) is 0 Å². The van der Waals surface area contributed by atoms with Crippen LogP contribution >= 0.6 is 0 Å². The second-order valence-electron chi connectivity index (χ2n) is 2.65. The molecule has 2 N–H and O–H groups in total. The number of benzene rings is 1. The van der Waals surface area contributed by atoms with E-state index in [9.17, 15) is 4.39 Å². The number of alkyl halides is 1. The first-order valence-electron chi connectivity index (χ1n) is 3.91. The maximum atomic E-state index is 12.1. The van der Waals surface area contributed by atoms with Crippen LogP contribution < -0.4 is 0 Å². The molecule has 4 heteroatoms. The summed E-state index contributed by atoms with van der Waals surface area (Å²) in [5.74, 6) is 1.24. The minimum Gasteiger partial charge on any atom is -0.424 e. The molecule has 0 aliphatic carbocycles. The third-order valence-corrected chi connectivity index (χ3v) is 1.59. The third-order valence-electron chi connectivity index (χ3n) is 1.59. The highest BCUT2D eigenvalue weighted by Crippen LogP contribution is 2.07. The molecule has 0 aliphatic rings. The second-order valence-corrected chi connectivity index (χ2v) is 2.65. The Morgan fingerprint density at radius 2 is 1.85 bits per heavy atom. The van der Waals surface area contributed by atoms with Crippen LogP contribution in [0.4, 0.5) is 4.39 Å². The summed E-state index contributed by atoms with van der Waals surface area (Å²) in [6.07, 6.45) is 1.56. The predicted molar refractivity (Wildman–Crippen MR) is 50.5 cm³/mol. The van der Waals surface area contributed by atoms with Crippen LogP contribution in [-0.4, -0.2) is 17.2 Å². The van der Waals surface area contributed by atoms with E-state index in [-0.39, 0.29) is 0 Å². The van der Waals surface area contributed by atoms with Crippen molar-refractivity contribution in [1.82, 2.24) is 0 Å². The zero-order valence-electron chi connectivity index (χ0n) is 7.02. The Bertz CT molecular complexity index is 282. The minimum atomic E-state index is -1.44. The number of hydrogen-bond acceptors (Lipinski definition) is 2. The molecular weight excluding hydrogens is 170 g/mol. The fourth-order valence-corrected chi connectivity index (χ4v) is 0.915. The van der Waals surface area contributed by atoms with E-state index in [1.165, 1.54) is 5.98 Å². The summed E-state index contributed by atoms with van der Waals surface area (Å²) in [6.45, 7) is -0.480. The summed E-state index contributed by atoms with van der Waals surface area (Å²) in [5, 5.41) is 17.0. The summed E-state index contributed by atoms with van der Waals surface area (Å²) in [4.78, 5) is 0. The molecule has 68 valence electrons. The van der Waals surface area contributed by atoms with Crippen molar-refractivity contribution in [3.05, 3.63) is 41.4 Å². The molecule has 0 saturated carbocycles. The Hall–Kier alpha value is -1.13. The summed E-state index contributed by atoms with van der Waals surface area (Å²) in [6, 6.07) is 6.74. The molecule has 1 aromatic carbocycles. The van der Waals surface area contributed by atoms with Crippen molar-refractivity contribution in [2.45, 2.75) is 6.67 Å². The van der Waals surface area contributed by atoms with Gasteiger partial charge in [0.15, 0.2) is 0 Å². The van der Waals surface area contributed by atoms with E-state index in [4.69, 9.17) is 10.0 Å². The molecule has 0 radical (unpaired) electrons. The molecule has 0 fully saturated rings. The van der Waals surface area contributed by atoms with E-state index < -0.39 is 13.8 Å². The first-order valence-corrected chi connectivity index (χ1v) is 3.91. The molecule has 0 aliphatic heterocycles. The molecule has 0 amide bonds. The van der Waals surface area contributed by atoms with E-state index in [1.54, 1.807) is 30.3 Å². The summed E-state index contributed by atoms with van der Waals surface area (Å²) in [7, 11) is -1.44. The Balaban J connectivity index is 2.69. The molecule has 13 heavy (non-hydrogen) atoms. The van der Waals surface area contributed by atoms with Crippen molar-refractivity contribution < 1.29 is 14.4 Å². The van der Waals surface area contributed by atoms with Crippen LogP contribution in [0, 0.1) is 0 Å². The first-order chi connectivity index (χ1) is 6.22. The lowest BCUT2D eigenvalue weighted by Gasteiger charge is -1.95. The second kappa shape index (κ2) is 4.79. The third kappa shape index (κ3) is 3.40. The molecule has 2 nitrogen and oxygen atoms in total. The lowest BCUT2D eigenvalue weighted by Crippen LogP contribution is -2.05. The highest BCUT2D eigenvalue weighted by Gasteiger charge is 1.97. The molecule has 1 rings (SSSR count). The normalized spacial score (nSPS) is 10.7. The lowest BCUT2D eigenvalue weighted by atomic mass is 9.91. The van der Waals surface area contributed by atoms with Gasteiger partial charge in [0, 0.05) is 0 Å². The summed E-state index contributed by atoms with van der Waals surface area (Å²) in [5.41, 5.74) is 1.42. The predicted octanol–water partition coefficient (Wildman–Crippen LogP) is 1.18. The monoisotopic (exact) mass is 180 g/mol. The molecule has 0 bridgehead atoms. The van der Waals surface area contributed by atoms with Crippen molar-refractivity contribution in [2.24, 2.45) is 0 Å². The van der Waals surface area contributed by atoms with Gasteiger partial charge in [-0.1, -0.05) is 36.3 Å². The molecule has 0 unspecified atom stereocenters. The minimum absolute atomic E-state index is 0.480. The quantitative estimate of drug-likeness (QED) is 0.685. The highest BCUT2D eigenvalue weighted by atomic mass is 19.1. The van der Waals surface area contributed by atoms with E-state index in [0.717, 1.165) is 5.56 Å². The smallest absolute Gasteiger partial charge is 0.424 e. The van der Waals surface area contributed by atoms with Crippen LogP contribution in [0.5, 0.6) is 0 Å². The molecule has 1 aromatic rings. The standard InChI is InChI=1S/C9H10BFO2/c11-7-9-3-1-8(2-4-9)5-6-10(12)13/h1-6,12-13H,7H2.